The van der Waals surface area contributed by atoms with Gasteiger partial charge in [-0.25, -0.2) is 4.79 Å². The minimum absolute atomic E-state index is 0. The minimum atomic E-state index is -1.01. The number of hydrogen-bond acceptors (Lipinski definition) is 11. The lowest BCUT2D eigenvalue weighted by Crippen LogP contribution is -2.44. The van der Waals surface area contributed by atoms with E-state index in [0.717, 1.165) is 35.2 Å². The Labute approximate surface area is 245 Å². The third kappa shape index (κ3) is 7.60. The second-order valence-corrected chi connectivity index (χ2v) is 11.1. The maximum absolute atomic E-state index is 11.2. The number of hydrogen-bond donors (Lipinski definition) is 2. The van der Waals surface area contributed by atoms with Gasteiger partial charge in [0, 0.05) is 30.0 Å². The van der Waals surface area contributed by atoms with Gasteiger partial charge in [-0.2, -0.15) is 0 Å². The first-order valence-corrected chi connectivity index (χ1v) is 13.5. The summed E-state index contributed by atoms with van der Waals surface area (Å²) >= 11 is 0. The Bertz CT molecular complexity index is 1340. The highest BCUT2D eigenvalue weighted by molar-refractivity contribution is 5.97. The van der Waals surface area contributed by atoms with Crippen LogP contribution in [0, 0.1) is 0 Å². The molecule has 0 radical (unpaired) electrons. The minimum Gasteiger partial charge on any atom is -0.492 e. The second kappa shape index (κ2) is 13.8. The number of furan rings is 1. The summed E-state index contributed by atoms with van der Waals surface area (Å²) in [6.07, 6.45) is -2.17. The summed E-state index contributed by atoms with van der Waals surface area (Å²) in [4.78, 5) is 13.3. The lowest BCUT2D eigenvalue weighted by atomic mass is 10.1. The maximum Gasteiger partial charge on any atom is 0.336 e. The van der Waals surface area contributed by atoms with Crippen molar-refractivity contribution >= 4 is 34.3 Å². The molecule has 2 aliphatic heterocycles. The molecular formula is C29H42ClNO10. The van der Waals surface area contributed by atoms with Gasteiger partial charge in [-0.1, -0.05) is 13.8 Å². The van der Waals surface area contributed by atoms with Crippen LogP contribution in [0.25, 0.3) is 21.9 Å². The zero-order chi connectivity index (χ0) is 29.2. The largest absolute Gasteiger partial charge is 0.492 e. The molecule has 41 heavy (non-hydrogen) atoms. The van der Waals surface area contributed by atoms with Crippen LogP contribution in [0.15, 0.2) is 37.9 Å². The predicted octanol–water partition coefficient (Wildman–Crippen LogP) is 3.65. The molecule has 2 N–H and O–H groups in total. The molecule has 230 valence electrons. The lowest BCUT2D eigenvalue weighted by Gasteiger charge is -2.28. The summed E-state index contributed by atoms with van der Waals surface area (Å²) in [6, 6.07) is 6.80. The molecule has 2 aliphatic rings. The quantitative estimate of drug-likeness (QED) is 0.276. The van der Waals surface area contributed by atoms with Gasteiger partial charge in [0.25, 0.3) is 0 Å². The summed E-state index contributed by atoms with van der Waals surface area (Å²) in [7, 11) is 5.64. The average Bonchev–Trinajstić information content (AvgIpc) is 3.52. The molecule has 2 saturated heterocycles. The van der Waals surface area contributed by atoms with Crippen molar-refractivity contribution in [3.05, 3.63) is 40.4 Å². The smallest absolute Gasteiger partial charge is 0.336 e. The van der Waals surface area contributed by atoms with E-state index in [4.69, 9.17) is 37.6 Å². The fourth-order valence-corrected chi connectivity index (χ4v) is 4.95. The SMILES string of the molecule is CN(C)CCCOC1C(C(O)CO)OC2OC(C)(C)OC21.COc1c(C(C)C)oc2cc3oc(=O)ccc3cc12.Cl. The number of ether oxygens (including phenoxy) is 5. The van der Waals surface area contributed by atoms with Crippen LogP contribution in [0.2, 0.25) is 0 Å². The van der Waals surface area contributed by atoms with Gasteiger partial charge >= 0.3 is 5.63 Å². The summed E-state index contributed by atoms with van der Waals surface area (Å²) in [5.41, 5.74) is 0.823. The molecular weight excluding hydrogens is 558 g/mol. The van der Waals surface area contributed by atoms with Crippen LogP contribution >= 0.6 is 12.4 Å². The van der Waals surface area contributed by atoms with E-state index in [1.807, 2.05) is 47.9 Å². The first-order chi connectivity index (χ1) is 18.9. The number of methoxy groups -OCH3 is 1. The van der Waals surface area contributed by atoms with E-state index in [-0.39, 0.29) is 36.7 Å². The van der Waals surface area contributed by atoms with Crippen LogP contribution < -0.4 is 10.4 Å². The van der Waals surface area contributed by atoms with Gasteiger partial charge in [0.1, 0.15) is 41.3 Å². The summed E-state index contributed by atoms with van der Waals surface area (Å²) in [5, 5.41) is 20.8. The molecule has 0 spiro atoms. The predicted molar refractivity (Wildman–Crippen MR) is 155 cm³/mol. The van der Waals surface area contributed by atoms with Crippen LogP contribution in [0.1, 0.15) is 45.8 Å². The number of benzene rings is 1. The van der Waals surface area contributed by atoms with E-state index < -0.39 is 30.4 Å². The average molecular weight is 600 g/mol. The van der Waals surface area contributed by atoms with Crippen molar-refractivity contribution in [3.63, 3.8) is 0 Å². The van der Waals surface area contributed by atoms with Gasteiger partial charge in [-0.15, -0.1) is 12.4 Å². The molecule has 11 nitrogen and oxygen atoms in total. The molecule has 2 aromatic heterocycles. The number of fused-ring (bicyclic) bond motifs is 3. The first-order valence-electron chi connectivity index (χ1n) is 13.5. The topological polar surface area (TPSA) is 133 Å². The molecule has 0 aliphatic carbocycles. The Morgan fingerprint density at radius 1 is 1.10 bits per heavy atom. The summed E-state index contributed by atoms with van der Waals surface area (Å²) in [5.74, 6) is 1.04. The first kappa shape index (κ1) is 33.3. The van der Waals surface area contributed by atoms with Gasteiger partial charge in [0.15, 0.2) is 17.8 Å². The van der Waals surface area contributed by atoms with Crippen LogP contribution in [0.4, 0.5) is 0 Å². The Kier molecular flexibility index (Phi) is 11.2. The molecule has 1 aromatic carbocycles. The van der Waals surface area contributed by atoms with Gasteiger partial charge in [0.2, 0.25) is 0 Å². The lowest BCUT2D eigenvalue weighted by molar-refractivity contribution is -0.231. The maximum atomic E-state index is 11.2. The number of aliphatic hydroxyl groups is 2. The molecule has 3 aromatic rings. The monoisotopic (exact) mass is 599 g/mol. The molecule has 2 fully saturated rings. The third-order valence-electron chi connectivity index (χ3n) is 6.79. The molecule has 0 saturated carbocycles. The van der Waals surface area contributed by atoms with E-state index in [1.54, 1.807) is 19.2 Å². The van der Waals surface area contributed by atoms with Crippen molar-refractivity contribution in [2.24, 2.45) is 0 Å². The van der Waals surface area contributed by atoms with Crippen molar-refractivity contribution in [2.75, 3.05) is 41.0 Å². The van der Waals surface area contributed by atoms with Gasteiger partial charge in [-0.05, 0) is 53.0 Å². The van der Waals surface area contributed by atoms with Crippen molar-refractivity contribution in [3.8, 4) is 5.75 Å². The highest BCUT2D eigenvalue weighted by Gasteiger charge is 2.56. The molecule has 5 unspecified atom stereocenters. The Morgan fingerprint density at radius 3 is 2.46 bits per heavy atom. The highest BCUT2D eigenvalue weighted by atomic mass is 35.5. The zero-order valence-electron chi connectivity index (χ0n) is 24.6. The van der Waals surface area contributed by atoms with E-state index >= 15 is 0 Å². The molecule has 12 heteroatoms. The zero-order valence-corrected chi connectivity index (χ0v) is 25.4. The fourth-order valence-electron chi connectivity index (χ4n) is 4.95. The Hall–Kier alpha value is -2.22. The molecule has 0 bridgehead atoms. The summed E-state index contributed by atoms with van der Waals surface area (Å²) < 4.78 is 39.4. The number of nitrogens with zero attached hydrogens (tertiary/aromatic N) is 1. The number of aliphatic hydroxyl groups excluding tert-OH is 2. The fraction of sp³-hybridized carbons (Fsp3) is 0.621. The second-order valence-electron chi connectivity index (χ2n) is 11.1. The summed E-state index contributed by atoms with van der Waals surface area (Å²) in [6.45, 7) is 8.78. The van der Waals surface area contributed by atoms with Gasteiger partial charge < -0.3 is 47.6 Å². The number of rotatable bonds is 9. The van der Waals surface area contributed by atoms with E-state index in [0.29, 0.717) is 17.8 Å². The molecule has 5 atom stereocenters. The van der Waals surface area contributed by atoms with Crippen molar-refractivity contribution < 1.29 is 42.7 Å². The van der Waals surface area contributed by atoms with Crippen LogP contribution in [0.3, 0.4) is 0 Å². The third-order valence-corrected chi connectivity index (χ3v) is 6.79. The van der Waals surface area contributed by atoms with Crippen LogP contribution in [0.5, 0.6) is 5.75 Å². The highest BCUT2D eigenvalue weighted by Crippen LogP contribution is 2.40. The van der Waals surface area contributed by atoms with E-state index in [1.165, 1.54) is 6.07 Å². The molecule has 0 amide bonds. The van der Waals surface area contributed by atoms with Crippen LogP contribution in [-0.2, 0) is 18.9 Å². The van der Waals surface area contributed by atoms with Crippen LogP contribution in [-0.4, -0.2) is 92.6 Å². The Balaban J connectivity index is 0.000000221. The van der Waals surface area contributed by atoms with Crippen molar-refractivity contribution in [2.45, 2.75) is 76.5 Å². The normalized spacial score (nSPS) is 23.9. The standard InChI is InChI=1S/C15H14O4.C14H27NO6.ClH/c1-8(2)14-15(17-3)10-6-9-4-5-13(16)18-11(9)7-12(10)19-14;1-14(2)20-12-11(18-7-5-6-15(3)4)10(9(17)8-16)19-13(12)21-14;/h4-8H,1-3H3;9-13,16-17H,5-8H2,1-4H3;1H. The van der Waals surface area contributed by atoms with E-state index in [2.05, 4.69) is 4.90 Å². The molecule has 4 heterocycles. The molecule has 5 rings (SSSR count). The Morgan fingerprint density at radius 2 is 1.83 bits per heavy atom. The van der Waals surface area contributed by atoms with Gasteiger partial charge in [-0.3, -0.25) is 0 Å². The van der Waals surface area contributed by atoms with Crippen molar-refractivity contribution in [1.82, 2.24) is 4.90 Å². The number of halogens is 1. The van der Waals surface area contributed by atoms with Crippen molar-refractivity contribution in [1.29, 1.82) is 0 Å². The van der Waals surface area contributed by atoms with E-state index in [9.17, 15) is 9.90 Å². The van der Waals surface area contributed by atoms with Gasteiger partial charge in [0.05, 0.1) is 19.1 Å².